The van der Waals surface area contributed by atoms with Crippen molar-refractivity contribution in [3.8, 4) is 0 Å². The molecule has 4 atom stereocenters. The zero-order valence-corrected chi connectivity index (χ0v) is 20.8. The molecule has 0 aliphatic carbocycles. The summed E-state index contributed by atoms with van der Waals surface area (Å²) in [5, 5.41) is 20.9. The van der Waals surface area contributed by atoms with E-state index < -0.39 is 22.9 Å². The van der Waals surface area contributed by atoms with Gasteiger partial charge in [0.05, 0.1) is 41.2 Å². The highest BCUT2D eigenvalue weighted by Gasteiger charge is 2.58. The lowest BCUT2D eigenvalue weighted by Crippen LogP contribution is -2.60. The summed E-state index contributed by atoms with van der Waals surface area (Å²) in [6.07, 6.45) is 5.06. The van der Waals surface area contributed by atoms with E-state index in [1.54, 1.807) is 18.7 Å². The highest BCUT2D eigenvalue weighted by Crippen LogP contribution is 2.55. The Morgan fingerprint density at radius 3 is 2.83 bits per heavy atom. The molecule has 184 valence electrons. The van der Waals surface area contributed by atoms with Gasteiger partial charge in [0.15, 0.2) is 5.70 Å². The highest BCUT2D eigenvalue weighted by molar-refractivity contribution is 8.23. The number of nitro groups is 1. The first kappa shape index (κ1) is 23.9. The molecule has 1 N–H and O–H groups in total. The molecule has 2 aromatic rings. The molecule has 4 heterocycles. The Morgan fingerprint density at radius 1 is 1.40 bits per heavy atom. The molecule has 5 rings (SSSR count). The van der Waals surface area contributed by atoms with Crippen molar-refractivity contribution in [3.05, 3.63) is 68.1 Å². The van der Waals surface area contributed by atoms with Crippen LogP contribution in [-0.2, 0) is 40.9 Å². The van der Waals surface area contributed by atoms with E-state index in [0.29, 0.717) is 5.56 Å². The van der Waals surface area contributed by atoms with Crippen molar-refractivity contribution in [1.82, 2.24) is 9.47 Å². The van der Waals surface area contributed by atoms with E-state index >= 15 is 0 Å². The molecule has 3 aliphatic rings. The number of carbonyl (C=O) groups is 2. The Kier molecular flexibility index (Phi) is 6.36. The molecular formula is C23H25N4O6S2+. The minimum Gasteiger partial charge on any atom is -0.456 e. The number of thioether (sulfide) groups is 2. The first-order valence-electron chi connectivity index (χ1n) is 11.3. The third-order valence-electron chi connectivity index (χ3n) is 6.56. The smallest absolute Gasteiger partial charge is 0.357 e. The quantitative estimate of drug-likeness (QED) is 0.195. The Labute approximate surface area is 210 Å². The standard InChI is InChI=1S/C23H25N4O6S2/c1-13(28)18-20(29)26-19(22(30)33-12-14-3-5-15(6-4-14)27(31)32)23(35-21(18)26)34-16-7-8-25-10-9-24(2)17(25)11-16/h3-6,9-10,13,16,18,21,28H,7-8,11-12H2,1-2H3/q+1/t13-,16?,18+,21-/m1/s1. The average molecular weight is 518 g/mol. The number of β-lactam (4-membered cyclic amide) rings is 1. The number of nitro benzene ring substituents is 1. The van der Waals surface area contributed by atoms with Gasteiger partial charge in [-0.3, -0.25) is 19.8 Å². The van der Waals surface area contributed by atoms with E-state index in [0.717, 1.165) is 23.6 Å². The maximum absolute atomic E-state index is 13.2. The molecule has 35 heavy (non-hydrogen) atoms. The van der Waals surface area contributed by atoms with Crippen molar-refractivity contribution in [3.63, 3.8) is 0 Å². The topological polar surface area (TPSA) is 119 Å². The number of aromatic nitrogens is 2. The molecule has 1 unspecified atom stereocenters. The first-order valence-corrected chi connectivity index (χ1v) is 13.0. The second-order valence-electron chi connectivity index (χ2n) is 8.87. The number of hydrogen-bond donors (Lipinski definition) is 1. The predicted octanol–water partition coefficient (Wildman–Crippen LogP) is 2.09. The normalized spacial score (nSPS) is 24.0. The fourth-order valence-electron chi connectivity index (χ4n) is 4.62. The number of fused-ring (bicyclic) bond motifs is 2. The van der Waals surface area contributed by atoms with Crippen LogP contribution in [0.4, 0.5) is 5.69 Å². The van der Waals surface area contributed by atoms with Crippen molar-refractivity contribution in [2.75, 3.05) is 0 Å². The number of imidazole rings is 1. The van der Waals surface area contributed by atoms with Crippen molar-refractivity contribution < 1.29 is 28.9 Å². The molecular weight excluding hydrogens is 492 g/mol. The summed E-state index contributed by atoms with van der Waals surface area (Å²) in [6.45, 7) is 2.41. The van der Waals surface area contributed by atoms with E-state index in [9.17, 15) is 24.8 Å². The van der Waals surface area contributed by atoms with Gasteiger partial charge in [0, 0.05) is 17.4 Å². The number of benzene rings is 1. The SMILES string of the molecule is C[C@@H](O)[C@H]1C(=O)N2C(C(=O)OCc3ccc([N+](=O)[O-])cc3)=C(SC3CCn4cc[n+](C)c4C3)S[C@H]12. The molecule has 3 aliphatic heterocycles. The monoisotopic (exact) mass is 517 g/mol. The van der Waals surface area contributed by atoms with Crippen molar-refractivity contribution >= 4 is 41.1 Å². The van der Waals surface area contributed by atoms with Crippen molar-refractivity contribution in [2.45, 2.75) is 49.6 Å². The Balaban J connectivity index is 1.34. The molecule has 1 fully saturated rings. The minimum absolute atomic E-state index is 0.0427. The van der Waals surface area contributed by atoms with Gasteiger partial charge in [-0.15, -0.1) is 11.8 Å². The van der Waals surface area contributed by atoms with E-state index in [2.05, 4.69) is 15.3 Å². The lowest BCUT2D eigenvalue weighted by atomic mass is 9.92. The maximum Gasteiger partial charge on any atom is 0.357 e. The van der Waals surface area contributed by atoms with Gasteiger partial charge >= 0.3 is 5.97 Å². The molecule has 0 radical (unpaired) electrons. The van der Waals surface area contributed by atoms with E-state index in [4.69, 9.17) is 4.74 Å². The van der Waals surface area contributed by atoms with Crippen LogP contribution in [0.3, 0.4) is 0 Å². The third-order valence-corrected chi connectivity index (χ3v) is 9.43. The molecule has 0 bridgehead atoms. The summed E-state index contributed by atoms with van der Waals surface area (Å²) < 4.78 is 10.6. The molecule has 10 nitrogen and oxygen atoms in total. The molecule has 1 saturated heterocycles. The molecule has 1 amide bonds. The van der Waals surface area contributed by atoms with Crippen LogP contribution in [-0.4, -0.2) is 48.1 Å². The number of nitrogens with zero attached hydrogens (tertiary/aromatic N) is 4. The molecule has 1 aromatic carbocycles. The average Bonchev–Trinajstić information content (AvgIpc) is 3.35. The van der Waals surface area contributed by atoms with Crippen molar-refractivity contribution in [2.24, 2.45) is 13.0 Å². The zero-order valence-electron chi connectivity index (χ0n) is 19.2. The summed E-state index contributed by atoms with van der Waals surface area (Å²) in [4.78, 5) is 37.8. The van der Waals surface area contributed by atoms with Crippen LogP contribution in [0, 0.1) is 16.0 Å². The lowest BCUT2D eigenvalue weighted by molar-refractivity contribution is -0.679. The number of hydrogen-bond acceptors (Lipinski definition) is 8. The number of carbonyl (C=O) groups excluding carboxylic acids is 2. The first-order chi connectivity index (χ1) is 16.7. The van der Waals surface area contributed by atoms with Gasteiger partial charge in [0.25, 0.3) is 11.5 Å². The third kappa shape index (κ3) is 4.34. The van der Waals surface area contributed by atoms with Gasteiger partial charge in [-0.25, -0.2) is 13.9 Å². The molecule has 1 aromatic heterocycles. The number of rotatable bonds is 7. The molecule has 0 saturated carbocycles. The van der Waals surface area contributed by atoms with Crippen molar-refractivity contribution in [1.29, 1.82) is 0 Å². The predicted molar refractivity (Wildman–Crippen MR) is 129 cm³/mol. The second kappa shape index (κ2) is 9.32. The summed E-state index contributed by atoms with van der Waals surface area (Å²) in [6, 6.07) is 5.79. The number of ether oxygens (including phenoxy) is 1. The number of esters is 1. The Bertz CT molecular complexity index is 1230. The largest absolute Gasteiger partial charge is 0.456 e. The van der Waals surface area contributed by atoms with Crippen LogP contribution in [0.25, 0.3) is 0 Å². The maximum atomic E-state index is 13.2. The summed E-state index contributed by atoms with van der Waals surface area (Å²) in [5.41, 5.74) is 0.802. The van der Waals surface area contributed by atoms with Gasteiger partial charge in [-0.1, -0.05) is 11.8 Å². The summed E-state index contributed by atoms with van der Waals surface area (Å²) in [5.74, 6) is -0.236. The minimum atomic E-state index is -0.810. The fraction of sp³-hybridized carbons (Fsp3) is 0.435. The number of aliphatic hydroxyl groups is 1. The second-order valence-corrected chi connectivity index (χ2v) is 11.6. The van der Waals surface area contributed by atoms with Gasteiger partial charge in [-0.2, -0.15) is 0 Å². The van der Waals surface area contributed by atoms with Gasteiger partial charge < -0.3 is 9.84 Å². The van der Waals surface area contributed by atoms with Crippen LogP contribution in [0.15, 0.2) is 46.6 Å². The lowest BCUT2D eigenvalue weighted by Gasteiger charge is -2.43. The van der Waals surface area contributed by atoms with Crippen LogP contribution < -0.4 is 4.57 Å². The number of non-ortho nitro benzene ring substituents is 1. The van der Waals surface area contributed by atoms with Gasteiger partial charge in [-0.05, 0) is 31.0 Å². The Hall–Kier alpha value is -2.83. The van der Waals surface area contributed by atoms with Crippen LogP contribution in [0.5, 0.6) is 0 Å². The fourth-order valence-corrected chi connectivity index (χ4v) is 7.91. The molecule has 12 heteroatoms. The summed E-state index contributed by atoms with van der Waals surface area (Å²) in [7, 11) is 2.02. The van der Waals surface area contributed by atoms with Crippen LogP contribution in [0.1, 0.15) is 24.7 Å². The number of amides is 1. The zero-order chi connectivity index (χ0) is 24.9. The van der Waals surface area contributed by atoms with Gasteiger partial charge in [0.1, 0.15) is 24.4 Å². The highest BCUT2D eigenvalue weighted by atomic mass is 32.2. The Morgan fingerprint density at radius 2 is 2.14 bits per heavy atom. The van der Waals surface area contributed by atoms with E-state index in [1.807, 2.05) is 13.2 Å². The van der Waals surface area contributed by atoms with E-state index in [-0.39, 0.29) is 34.5 Å². The number of aliphatic hydroxyl groups excluding tert-OH is 1. The van der Waals surface area contributed by atoms with Gasteiger partial charge in [0.2, 0.25) is 5.91 Å². The number of aryl methyl sites for hydroxylation is 2. The molecule has 0 spiro atoms. The van der Waals surface area contributed by atoms with Crippen LogP contribution in [0.2, 0.25) is 0 Å². The van der Waals surface area contributed by atoms with Crippen LogP contribution >= 0.6 is 23.5 Å². The summed E-state index contributed by atoms with van der Waals surface area (Å²) >= 11 is 3.04. The van der Waals surface area contributed by atoms with E-state index in [1.165, 1.54) is 46.8 Å².